The maximum Gasteiger partial charge on any atom is 0.138 e. The molecule has 2 rings (SSSR count). The summed E-state index contributed by atoms with van der Waals surface area (Å²) in [5.41, 5.74) is 11.4. The third-order valence-electron chi connectivity index (χ3n) is 1.87. The second-order valence-electron chi connectivity index (χ2n) is 3.82. The Labute approximate surface area is 141 Å². The third kappa shape index (κ3) is 15.8. The van der Waals surface area contributed by atoms with E-state index >= 15 is 0 Å². The first-order chi connectivity index (χ1) is 11.0. The van der Waals surface area contributed by atoms with E-state index in [0.717, 1.165) is 0 Å². The Hall–Kier alpha value is -2.36. The lowest BCUT2D eigenvalue weighted by atomic mass is 10.3. The molecule has 0 aliphatic rings. The molecule has 0 radical (unpaired) electrons. The Balaban J connectivity index is -0.000000252. The zero-order valence-electron chi connectivity index (χ0n) is 15.4. The standard InChI is InChI=1S/2C6H7NO.C3H8.2C2H6/c2*7-5-3-1-2-4-6(5)8;1-3-2;2*1-2/h2*1-4,8H,7H2;3H2,1-2H3;2*1-2H3. The fourth-order valence-corrected chi connectivity index (χ4v) is 0.975. The quantitative estimate of drug-likeness (QED) is 0.385. The van der Waals surface area contributed by atoms with Gasteiger partial charge in [0.1, 0.15) is 11.5 Å². The van der Waals surface area contributed by atoms with Crippen molar-refractivity contribution in [3.8, 4) is 11.5 Å². The highest BCUT2D eigenvalue weighted by Gasteiger charge is 1.88. The lowest BCUT2D eigenvalue weighted by Gasteiger charge is -1.92. The molecular weight excluding hydrogens is 288 g/mol. The molecular formula is C19H34N2O2. The van der Waals surface area contributed by atoms with Gasteiger partial charge < -0.3 is 21.7 Å². The summed E-state index contributed by atoms with van der Waals surface area (Å²) in [4.78, 5) is 0. The molecule has 0 unspecified atom stereocenters. The summed E-state index contributed by atoms with van der Waals surface area (Å²) < 4.78 is 0. The van der Waals surface area contributed by atoms with E-state index in [-0.39, 0.29) is 11.5 Å². The molecule has 0 saturated heterocycles. The number of phenolic OH excluding ortho intramolecular Hbond substituents is 2. The van der Waals surface area contributed by atoms with Gasteiger partial charge in [-0.3, -0.25) is 0 Å². The van der Waals surface area contributed by atoms with Crippen molar-refractivity contribution in [2.45, 2.75) is 48.0 Å². The molecule has 0 bridgehead atoms. The number of aromatic hydroxyl groups is 2. The van der Waals surface area contributed by atoms with Gasteiger partial charge in [0.25, 0.3) is 0 Å². The molecule has 0 aromatic heterocycles. The number of anilines is 2. The van der Waals surface area contributed by atoms with Gasteiger partial charge in [-0.25, -0.2) is 0 Å². The molecule has 6 N–H and O–H groups in total. The maximum atomic E-state index is 8.79. The average molecular weight is 322 g/mol. The van der Waals surface area contributed by atoms with Crippen LogP contribution >= 0.6 is 0 Å². The number of rotatable bonds is 0. The minimum absolute atomic E-state index is 0.146. The second kappa shape index (κ2) is 19.6. The van der Waals surface area contributed by atoms with E-state index < -0.39 is 0 Å². The molecule has 0 heterocycles. The SMILES string of the molecule is CC.CC.CCC.Nc1ccccc1O.Nc1ccccc1O. The van der Waals surface area contributed by atoms with E-state index in [4.69, 9.17) is 21.7 Å². The summed E-state index contributed by atoms with van der Waals surface area (Å²) in [5.74, 6) is 0.292. The molecule has 0 aliphatic carbocycles. The Bertz CT molecular complexity index is 389. The molecule has 23 heavy (non-hydrogen) atoms. The van der Waals surface area contributed by atoms with Crippen molar-refractivity contribution in [1.29, 1.82) is 0 Å². The summed E-state index contributed by atoms with van der Waals surface area (Å²) in [6.45, 7) is 12.2. The molecule has 2 aromatic carbocycles. The van der Waals surface area contributed by atoms with Crippen LogP contribution in [0.5, 0.6) is 11.5 Å². The summed E-state index contributed by atoms with van der Waals surface area (Å²) in [7, 11) is 0. The fourth-order valence-electron chi connectivity index (χ4n) is 0.975. The van der Waals surface area contributed by atoms with Crippen molar-refractivity contribution in [2.75, 3.05) is 11.5 Å². The first-order valence-corrected chi connectivity index (χ1v) is 8.09. The zero-order chi connectivity index (χ0) is 18.7. The molecule has 4 heteroatoms. The zero-order valence-corrected chi connectivity index (χ0v) is 15.4. The smallest absolute Gasteiger partial charge is 0.138 e. The van der Waals surface area contributed by atoms with Gasteiger partial charge >= 0.3 is 0 Å². The maximum absolute atomic E-state index is 8.79. The van der Waals surface area contributed by atoms with Gasteiger partial charge in [-0.15, -0.1) is 0 Å². The van der Waals surface area contributed by atoms with Crippen molar-refractivity contribution in [3.63, 3.8) is 0 Å². The van der Waals surface area contributed by atoms with Crippen molar-refractivity contribution in [1.82, 2.24) is 0 Å². The van der Waals surface area contributed by atoms with E-state index in [2.05, 4.69) is 13.8 Å². The number of para-hydroxylation sites is 4. The van der Waals surface area contributed by atoms with E-state index in [1.807, 2.05) is 27.7 Å². The van der Waals surface area contributed by atoms with E-state index in [1.54, 1.807) is 48.5 Å². The van der Waals surface area contributed by atoms with Gasteiger partial charge in [0.15, 0.2) is 0 Å². The Morgan fingerprint density at radius 2 is 0.870 bits per heavy atom. The minimum Gasteiger partial charge on any atom is -0.506 e. The summed E-state index contributed by atoms with van der Waals surface area (Å²) in [5, 5.41) is 17.6. The van der Waals surface area contributed by atoms with Gasteiger partial charge in [0.2, 0.25) is 0 Å². The predicted octanol–water partition coefficient (Wildman–Crippen LogP) is 5.42. The van der Waals surface area contributed by atoms with Crippen LogP contribution in [0.1, 0.15) is 48.0 Å². The summed E-state index contributed by atoms with van der Waals surface area (Å²) in [6.07, 6.45) is 1.25. The van der Waals surface area contributed by atoms with Crippen LogP contribution in [0.2, 0.25) is 0 Å². The second-order valence-corrected chi connectivity index (χ2v) is 3.82. The van der Waals surface area contributed by atoms with Crippen LogP contribution in [-0.2, 0) is 0 Å². The van der Waals surface area contributed by atoms with Crippen LogP contribution < -0.4 is 11.5 Å². The number of hydrogen-bond acceptors (Lipinski definition) is 4. The Kier molecular flexibility index (Phi) is 21.8. The highest BCUT2D eigenvalue weighted by atomic mass is 16.3. The van der Waals surface area contributed by atoms with Crippen LogP contribution in [0.4, 0.5) is 11.4 Å². The molecule has 0 amide bonds. The fraction of sp³-hybridized carbons (Fsp3) is 0.368. The monoisotopic (exact) mass is 322 g/mol. The van der Waals surface area contributed by atoms with Gasteiger partial charge in [-0.05, 0) is 24.3 Å². The number of benzene rings is 2. The van der Waals surface area contributed by atoms with Crippen molar-refractivity contribution in [3.05, 3.63) is 48.5 Å². The molecule has 0 atom stereocenters. The van der Waals surface area contributed by atoms with Crippen molar-refractivity contribution < 1.29 is 10.2 Å². The van der Waals surface area contributed by atoms with E-state index in [0.29, 0.717) is 11.4 Å². The highest BCUT2D eigenvalue weighted by Crippen LogP contribution is 2.16. The molecule has 0 saturated carbocycles. The Morgan fingerprint density at radius 1 is 0.652 bits per heavy atom. The molecule has 4 nitrogen and oxygen atoms in total. The number of phenols is 2. The van der Waals surface area contributed by atoms with Crippen molar-refractivity contribution in [2.24, 2.45) is 0 Å². The molecule has 0 fully saturated rings. The third-order valence-corrected chi connectivity index (χ3v) is 1.87. The number of hydrogen-bond donors (Lipinski definition) is 4. The Morgan fingerprint density at radius 3 is 1.00 bits per heavy atom. The van der Waals surface area contributed by atoms with Gasteiger partial charge in [-0.1, -0.05) is 72.2 Å². The highest BCUT2D eigenvalue weighted by molar-refractivity contribution is 5.51. The van der Waals surface area contributed by atoms with Crippen LogP contribution in [0.25, 0.3) is 0 Å². The van der Waals surface area contributed by atoms with Crippen molar-refractivity contribution >= 4 is 11.4 Å². The molecule has 0 aliphatic heterocycles. The van der Waals surface area contributed by atoms with E-state index in [9.17, 15) is 0 Å². The van der Waals surface area contributed by atoms with Crippen LogP contribution in [0, 0.1) is 0 Å². The van der Waals surface area contributed by atoms with Crippen LogP contribution in [0.3, 0.4) is 0 Å². The predicted molar refractivity (Wildman–Crippen MR) is 104 cm³/mol. The number of nitrogen functional groups attached to an aromatic ring is 2. The van der Waals surface area contributed by atoms with E-state index in [1.165, 1.54) is 6.42 Å². The normalized spacial score (nSPS) is 7.57. The van der Waals surface area contributed by atoms with Crippen LogP contribution in [-0.4, -0.2) is 10.2 Å². The average Bonchev–Trinajstić information content (AvgIpc) is 2.58. The summed E-state index contributed by atoms with van der Waals surface area (Å²) >= 11 is 0. The van der Waals surface area contributed by atoms with Crippen LogP contribution in [0.15, 0.2) is 48.5 Å². The van der Waals surface area contributed by atoms with Gasteiger partial charge in [-0.2, -0.15) is 0 Å². The molecule has 0 spiro atoms. The lowest BCUT2D eigenvalue weighted by molar-refractivity contribution is 0.477. The van der Waals surface area contributed by atoms with Gasteiger partial charge in [0.05, 0.1) is 11.4 Å². The van der Waals surface area contributed by atoms with Gasteiger partial charge in [0, 0.05) is 0 Å². The summed E-state index contributed by atoms with van der Waals surface area (Å²) in [6, 6.07) is 13.4. The number of nitrogens with two attached hydrogens (primary N) is 2. The largest absolute Gasteiger partial charge is 0.506 e. The molecule has 132 valence electrons. The first-order valence-electron chi connectivity index (χ1n) is 8.09. The minimum atomic E-state index is 0.146. The topological polar surface area (TPSA) is 92.5 Å². The first kappa shape index (κ1) is 25.6. The lowest BCUT2D eigenvalue weighted by Crippen LogP contribution is -1.82. The molecule has 2 aromatic rings.